The van der Waals surface area contributed by atoms with Gasteiger partial charge in [-0.25, -0.2) is 0 Å². The highest BCUT2D eigenvalue weighted by atomic mass is 19.4. The molecule has 2 atom stereocenters. The van der Waals surface area contributed by atoms with Gasteiger partial charge in [0.2, 0.25) is 0 Å². The average Bonchev–Trinajstić information content (AvgIpc) is 2.53. The van der Waals surface area contributed by atoms with Gasteiger partial charge in [-0.3, -0.25) is 4.79 Å². The Balaban J connectivity index is 1.51. The molecule has 0 saturated heterocycles. The van der Waals surface area contributed by atoms with E-state index < -0.39 is 11.7 Å². The van der Waals surface area contributed by atoms with Crippen molar-refractivity contribution in [2.75, 3.05) is 6.61 Å². The topological polar surface area (TPSA) is 64.3 Å². The molecule has 3 rings (SSSR count). The zero-order valence-corrected chi connectivity index (χ0v) is 13.9. The van der Waals surface area contributed by atoms with E-state index >= 15 is 0 Å². The number of hydrogen-bond acceptors (Lipinski definition) is 3. The molecule has 0 aromatic heterocycles. The van der Waals surface area contributed by atoms with E-state index in [-0.39, 0.29) is 30.3 Å². The standard InChI is InChI=1S/C18H23F3N2O2/c19-18(20,21)13-4-6-15(7-5-13)25-10-16(24)23-17-11-2-1-3-12(17)9-14(22)8-11/h4-7,11-12,14,17H,1-3,8-10,22H2,(H,23,24). The summed E-state index contributed by atoms with van der Waals surface area (Å²) in [5.74, 6) is 0.835. The molecule has 3 N–H and O–H groups in total. The highest BCUT2D eigenvalue weighted by Gasteiger charge is 2.39. The van der Waals surface area contributed by atoms with Crippen molar-refractivity contribution in [1.29, 1.82) is 0 Å². The van der Waals surface area contributed by atoms with Gasteiger partial charge in [-0.05, 0) is 61.8 Å². The number of nitrogens with one attached hydrogen (secondary N) is 1. The van der Waals surface area contributed by atoms with Gasteiger partial charge in [0.25, 0.3) is 5.91 Å². The Hall–Kier alpha value is -1.76. The summed E-state index contributed by atoms with van der Waals surface area (Å²) in [5, 5.41) is 3.05. The number of alkyl halides is 3. The first-order valence-corrected chi connectivity index (χ1v) is 8.68. The lowest BCUT2D eigenvalue weighted by Gasteiger charge is -2.45. The van der Waals surface area contributed by atoms with E-state index in [0.717, 1.165) is 37.8 Å². The van der Waals surface area contributed by atoms with Crippen molar-refractivity contribution in [3.8, 4) is 5.75 Å². The van der Waals surface area contributed by atoms with Crippen molar-refractivity contribution in [3.05, 3.63) is 29.8 Å². The first kappa shape index (κ1) is 18.0. The molecule has 0 aliphatic heterocycles. The highest BCUT2D eigenvalue weighted by Crippen LogP contribution is 2.39. The normalized spacial score (nSPS) is 29.1. The third-order valence-corrected chi connectivity index (χ3v) is 5.26. The first-order chi connectivity index (χ1) is 11.8. The summed E-state index contributed by atoms with van der Waals surface area (Å²) in [6.45, 7) is -0.201. The lowest BCUT2D eigenvalue weighted by Crippen LogP contribution is -2.54. The molecule has 4 nitrogen and oxygen atoms in total. The van der Waals surface area contributed by atoms with Crippen LogP contribution in [0.15, 0.2) is 24.3 Å². The van der Waals surface area contributed by atoms with Crippen LogP contribution in [0.5, 0.6) is 5.75 Å². The van der Waals surface area contributed by atoms with Crippen LogP contribution in [0.4, 0.5) is 13.2 Å². The molecule has 2 aliphatic carbocycles. The van der Waals surface area contributed by atoms with Crippen LogP contribution >= 0.6 is 0 Å². The van der Waals surface area contributed by atoms with Gasteiger partial charge in [0.1, 0.15) is 5.75 Å². The highest BCUT2D eigenvalue weighted by molar-refractivity contribution is 5.78. The fraction of sp³-hybridized carbons (Fsp3) is 0.611. The van der Waals surface area contributed by atoms with Gasteiger partial charge >= 0.3 is 6.18 Å². The van der Waals surface area contributed by atoms with Gasteiger partial charge in [0.15, 0.2) is 6.61 Å². The molecule has 2 aliphatic rings. The molecule has 2 unspecified atom stereocenters. The molecular formula is C18H23F3N2O2. The van der Waals surface area contributed by atoms with Gasteiger partial charge in [0.05, 0.1) is 5.56 Å². The maximum Gasteiger partial charge on any atom is 0.416 e. The second kappa shape index (κ2) is 7.23. The third kappa shape index (κ3) is 4.45. The minimum Gasteiger partial charge on any atom is -0.484 e. The van der Waals surface area contributed by atoms with Gasteiger partial charge in [0, 0.05) is 12.1 Å². The number of carbonyl (C=O) groups is 1. The van der Waals surface area contributed by atoms with Gasteiger partial charge in [-0.15, -0.1) is 0 Å². The molecule has 0 radical (unpaired) electrons. The molecule has 2 bridgehead atoms. The van der Waals surface area contributed by atoms with E-state index in [4.69, 9.17) is 10.5 Å². The zero-order chi connectivity index (χ0) is 18.0. The summed E-state index contributed by atoms with van der Waals surface area (Å²) in [6.07, 6.45) is 0.818. The summed E-state index contributed by atoms with van der Waals surface area (Å²) in [4.78, 5) is 12.2. The number of rotatable bonds is 4. The number of benzene rings is 1. The number of halogens is 3. The summed E-state index contributed by atoms with van der Waals surface area (Å²) >= 11 is 0. The van der Waals surface area contributed by atoms with Crippen molar-refractivity contribution in [3.63, 3.8) is 0 Å². The number of carbonyl (C=O) groups excluding carboxylic acids is 1. The Bertz CT molecular complexity index is 589. The van der Waals surface area contributed by atoms with Crippen molar-refractivity contribution >= 4 is 5.91 Å². The quantitative estimate of drug-likeness (QED) is 0.871. The van der Waals surface area contributed by atoms with Crippen molar-refractivity contribution < 1.29 is 22.7 Å². The Kier molecular flexibility index (Phi) is 5.22. The van der Waals surface area contributed by atoms with Gasteiger partial charge in [-0.2, -0.15) is 13.2 Å². The fourth-order valence-corrected chi connectivity index (χ4v) is 4.14. The molecule has 2 saturated carbocycles. The molecule has 1 aromatic carbocycles. The van der Waals surface area contributed by atoms with Crippen LogP contribution < -0.4 is 15.8 Å². The predicted molar refractivity (Wildman–Crippen MR) is 86.9 cm³/mol. The molecule has 1 amide bonds. The van der Waals surface area contributed by atoms with E-state index in [1.165, 1.54) is 18.6 Å². The predicted octanol–water partition coefficient (Wildman–Crippen LogP) is 3.11. The van der Waals surface area contributed by atoms with E-state index in [0.29, 0.717) is 11.8 Å². The Labute approximate surface area is 144 Å². The smallest absolute Gasteiger partial charge is 0.416 e. The molecule has 0 heterocycles. The molecule has 0 spiro atoms. The van der Waals surface area contributed by atoms with E-state index in [2.05, 4.69) is 5.32 Å². The summed E-state index contributed by atoms with van der Waals surface area (Å²) < 4.78 is 42.9. The van der Waals surface area contributed by atoms with Crippen LogP contribution in [0.2, 0.25) is 0 Å². The number of ether oxygens (including phenoxy) is 1. The van der Waals surface area contributed by atoms with Crippen LogP contribution in [0.1, 0.15) is 37.7 Å². The van der Waals surface area contributed by atoms with E-state index in [1.807, 2.05) is 0 Å². The average molecular weight is 356 g/mol. The Morgan fingerprint density at radius 2 is 1.76 bits per heavy atom. The minimum absolute atomic E-state index is 0.136. The first-order valence-electron chi connectivity index (χ1n) is 8.68. The summed E-state index contributed by atoms with van der Waals surface area (Å²) in [7, 11) is 0. The molecule has 25 heavy (non-hydrogen) atoms. The lowest BCUT2D eigenvalue weighted by atomic mass is 9.67. The zero-order valence-electron chi connectivity index (χ0n) is 13.9. The van der Waals surface area contributed by atoms with Crippen molar-refractivity contribution in [2.45, 2.75) is 50.4 Å². The molecule has 1 aromatic rings. The number of amides is 1. The fourth-order valence-electron chi connectivity index (χ4n) is 4.14. The Morgan fingerprint density at radius 1 is 1.16 bits per heavy atom. The molecular weight excluding hydrogens is 333 g/mol. The number of fused-ring (bicyclic) bond motifs is 2. The maximum atomic E-state index is 12.5. The molecule has 7 heteroatoms. The van der Waals surface area contributed by atoms with Gasteiger partial charge in [-0.1, -0.05) is 6.42 Å². The van der Waals surface area contributed by atoms with Crippen LogP contribution in [0, 0.1) is 11.8 Å². The third-order valence-electron chi connectivity index (χ3n) is 5.26. The second-order valence-electron chi connectivity index (χ2n) is 7.09. The monoisotopic (exact) mass is 356 g/mol. The van der Waals surface area contributed by atoms with E-state index in [9.17, 15) is 18.0 Å². The van der Waals surface area contributed by atoms with Gasteiger partial charge < -0.3 is 15.8 Å². The second-order valence-corrected chi connectivity index (χ2v) is 7.09. The maximum absolute atomic E-state index is 12.5. The largest absolute Gasteiger partial charge is 0.484 e. The Morgan fingerprint density at radius 3 is 2.32 bits per heavy atom. The van der Waals surface area contributed by atoms with Crippen LogP contribution in [0.25, 0.3) is 0 Å². The van der Waals surface area contributed by atoms with Crippen LogP contribution in [0.3, 0.4) is 0 Å². The minimum atomic E-state index is -4.38. The SMILES string of the molecule is NC1CC2CCCC(C1)C2NC(=O)COc1ccc(C(F)(F)F)cc1. The van der Waals surface area contributed by atoms with E-state index in [1.54, 1.807) is 0 Å². The summed E-state index contributed by atoms with van der Waals surface area (Å²) in [6, 6.07) is 4.69. The van der Waals surface area contributed by atoms with Crippen LogP contribution in [-0.2, 0) is 11.0 Å². The van der Waals surface area contributed by atoms with Crippen molar-refractivity contribution in [1.82, 2.24) is 5.32 Å². The number of hydrogen-bond donors (Lipinski definition) is 2. The lowest BCUT2D eigenvalue weighted by molar-refractivity contribution is -0.137. The molecule has 2 fully saturated rings. The molecule has 138 valence electrons. The van der Waals surface area contributed by atoms with Crippen LogP contribution in [-0.4, -0.2) is 24.6 Å². The van der Waals surface area contributed by atoms with Crippen molar-refractivity contribution in [2.24, 2.45) is 17.6 Å². The summed E-state index contributed by atoms with van der Waals surface area (Å²) in [5.41, 5.74) is 5.34. The number of nitrogens with two attached hydrogens (primary N) is 1.